The molecule has 0 spiro atoms. The first-order valence-electron chi connectivity index (χ1n) is 9.46. The van der Waals surface area contributed by atoms with Gasteiger partial charge in [0.2, 0.25) is 0 Å². The van der Waals surface area contributed by atoms with Crippen LogP contribution in [0.25, 0.3) is 0 Å². The zero-order valence-electron chi connectivity index (χ0n) is 15.7. The number of ether oxygens (including phenoxy) is 1. The number of morpholine rings is 1. The number of anilines is 1. The fraction of sp³-hybridized carbons (Fsp3) is 0.381. The second kappa shape index (κ2) is 10.7. The van der Waals surface area contributed by atoms with Crippen LogP contribution in [0.4, 0.5) is 10.1 Å². The second-order valence-electron chi connectivity index (χ2n) is 6.80. The number of hydrogen-bond acceptors (Lipinski definition) is 3. The molecule has 0 atom stereocenters. The molecule has 1 aliphatic rings. The Labute approximate surface area is 176 Å². The third-order valence-corrected chi connectivity index (χ3v) is 5.25. The van der Waals surface area contributed by atoms with E-state index < -0.39 is 0 Å². The summed E-state index contributed by atoms with van der Waals surface area (Å²) in [6.45, 7) is 5.98. The first-order valence-corrected chi connectivity index (χ1v) is 10.2. The topological polar surface area (TPSA) is 27.7 Å². The van der Waals surface area contributed by atoms with Gasteiger partial charge in [-0.25, -0.2) is 4.39 Å². The molecule has 150 valence electrons. The molecule has 0 bridgehead atoms. The largest absolute Gasteiger partial charge is 0.379 e. The lowest BCUT2D eigenvalue weighted by atomic mass is 10.2. The van der Waals surface area contributed by atoms with Crippen molar-refractivity contribution in [1.82, 2.24) is 9.80 Å². The minimum Gasteiger partial charge on any atom is -0.379 e. The normalized spacial score (nSPS) is 14.6. The lowest BCUT2D eigenvalue weighted by Crippen LogP contribution is -2.40. The average molecular weight is 422 g/mol. The molecule has 1 fully saturated rings. The molecule has 2 aromatic carbocycles. The summed E-state index contributed by atoms with van der Waals surface area (Å²) in [5, 5.41) is 4.56. The van der Waals surface area contributed by atoms with Crippen LogP contribution in [0.3, 0.4) is 0 Å². The van der Waals surface area contributed by atoms with E-state index in [1.165, 1.54) is 12.1 Å². The van der Waals surface area contributed by atoms with Crippen molar-refractivity contribution in [2.24, 2.45) is 0 Å². The Morgan fingerprint density at radius 2 is 1.93 bits per heavy atom. The number of hydrogen-bond donors (Lipinski definition) is 1. The summed E-state index contributed by atoms with van der Waals surface area (Å²) in [6.07, 6.45) is 0.985. The Hall–Kier alpha value is -1.73. The van der Waals surface area contributed by atoms with Gasteiger partial charge in [0, 0.05) is 43.4 Å². The van der Waals surface area contributed by atoms with Crippen molar-refractivity contribution < 1.29 is 9.13 Å². The number of rotatable bonds is 7. The maximum absolute atomic E-state index is 13.2. The Bertz CT molecular complexity index is 769. The van der Waals surface area contributed by atoms with Crippen LogP contribution in [0.1, 0.15) is 12.0 Å². The summed E-state index contributed by atoms with van der Waals surface area (Å²) >= 11 is 11.7. The van der Waals surface area contributed by atoms with Crippen LogP contribution in [-0.2, 0) is 11.3 Å². The molecule has 28 heavy (non-hydrogen) atoms. The van der Waals surface area contributed by atoms with Crippen molar-refractivity contribution in [2.75, 3.05) is 44.7 Å². The molecule has 2 aromatic rings. The first kappa shape index (κ1) is 21.0. The molecule has 1 N–H and O–H groups in total. The first-order chi connectivity index (χ1) is 13.6. The summed E-state index contributed by atoms with van der Waals surface area (Å²) in [5.41, 5.74) is 1.87. The quantitative estimate of drug-likeness (QED) is 0.669. The molecule has 4 nitrogen and oxygen atoms in total. The van der Waals surface area contributed by atoms with Crippen LogP contribution in [0.5, 0.6) is 0 Å². The molecule has 0 amide bonds. The van der Waals surface area contributed by atoms with E-state index in [4.69, 9.17) is 28.6 Å². The van der Waals surface area contributed by atoms with Gasteiger partial charge in [0.15, 0.2) is 5.11 Å². The van der Waals surface area contributed by atoms with Gasteiger partial charge in [0.05, 0.1) is 13.2 Å². The predicted molar refractivity (Wildman–Crippen MR) is 116 cm³/mol. The Balaban J connectivity index is 1.62. The van der Waals surface area contributed by atoms with Crippen LogP contribution in [0.15, 0.2) is 48.5 Å². The van der Waals surface area contributed by atoms with Crippen LogP contribution in [0, 0.1) is 5.82 Å². The minimum absolute atomic E-state index is 0.234. The lowest BCUT2D eigenvalue weighted by molar-refractivity contribution is 0.0368. The number of benzene rings is 2. The molecular weight excluding hydrogens is 397 g/mol. The molecule has 3 rings (SSSR count). The minimum atomic E-state index is -0.234. The van der Waals surface area contributed by atoms with E-state index in [9.17, 15) is 4.39 Å². The van der Waals surface area contributed by atoms with Gasteiger partial charge in [-0.1, -0.05) is 29.8 Å². The number of nitrogens with one attached hydrogen (secondary N) is 1. The van der Waals surface area contributed by atoms with E-state index in [1.807, 2.05) is 24.3 Å². The molecule has 1 aliphatic heterocycles. The van der Waals surface area contributed by atoms with Crippen molar-refractivity contribution in [3.8, 4) is 0 Å². The van der Waals surface area contributed by atoms with Crippen molar-refractivity contribution in [3.05, 3.63) is 64.9 Å². The van der Waals surface area contributed by atoms with Crippen molar-refractivity contribution in [2.45, 2.75) is 13.0 Å². The predicted octanol–water partition coefficient (Wildman–Crippen LogP) is 4.40. The zero-order valence-corrected chi connectivity index (χ0v) is 17.3. The van der Waals surface area contributed by atoms with E-state index in [2.05, 4.69) is 15.1 Å². The standard InChI is InChI=1S/C21H25ClFN3OS/c22-18-3-1-4-20(15-18)24-21(28)26(16-17-5-7-19(23)8-6-17)10-2-9-25-11-13-27-14-12-25/h1,3-8,15H,2,9-14,16H2,(H,24,28). The number of nitrogens with zero attached hydrogens (tertiary/aromatic N) is 2. The van der Waals surface area contributed by atoms with Crippen LogP contribution < -0.4 is 5.32 Å². The maximum atomic E-state index is 13.2. The lowest BCUT2D eigenvalue weighted by Gasteiger charge is -2.29. The molecule has 0 radical (unpaired) electrons. The highest BCUT2D eigenvalue weighted by Gasteiger charge is 2.14. The van der Waals surface area contributed by atoms with E-state index in [-0.39, 0.29) is 5.82 Å². The van der Waals surface area contributed by atoms with Crippen LogP contribution >= 0.6 is 23.8 Å². The molecule has 1 heterocycles. The van der Waals surface area contributed by atoms with E-state index in [0.717, 1.165) is 57.1 Å². The van der Waals surface area contributed by atoms with E-state index in [1.54, 1.807) is 12.1 Å². The van der Waals surface area contributed by atoms with Crippen molar-refractivity contribution in [3.63, 3.8) is 0 Å². The fourth-order valence-electron chi connectivity index (χ4n) is 3.14. The maximum Gasteiger partial charge on any atom is 0.173 e. The molecule has 0 unspecified atom stereocenters. The number of thiocarbonyl (C=S) groups is 1. The highest BCUT2D eigenvalue weighted by Crippen LogP contribution is 2.16. The van der Waals surface area contributed by atoms with Crippen LogP contribution in [0.2, 0.25) is 5.02 Å². The monoisotopic (exact) mass is 421 g/mol. The highest BCUT2D eigenvalue weighted by molar-refractivity contribution is 7.80. The summed E-state index contributed by atoms with van der Waals surface area (Å²) in [5.74, 6) is -0.234. The number of halogens is 2. The van der Waals surface area contributed by atoms with Crippen molar-refractivity contribution in [1.29, 1.82) is 0 Å². The van der Waals surface area contributed by atoms with Gasteiger partial charge in [-0.15, -0.1) is 0 Å². The molecule has 1 saturated heterocycles. The van der Waals surface area contributed by atoms with Crippen molar-refractivity contribution >= 4 is 34.6 Å². The van der Waals surface area contributed by atoms with E-state index >= 15 is 0 Å². The Morgan fingerprint density at radius 1 is 1.18 bits per heavy atom. The SMILES string of the molecule is Fc1ccc(CN(CCCN2CCOCC2)C(=S)Nc2cccc(Cl)c2)cc1. The molecular formula is C21H25ClFN3OS. The highest BCUT2D eigenvalue weighted by atomic mass is 35.5. The van der Waals surface area contributed by atoms with Gasteiger partial charge in [-0.05, 0) is 54.5 Å². The molecule has 0 aromatic heterocycles. The van der Waals surface area contributed by atoms with E-state index in [0.29, 0.717) is 16.7 Å². The fourth-order valence-corrected chi connectivity index (χ4v) is 3.61. The molecule has 0 saturated carbocycles. The van der Waals surface area contributed by atoms with Gasteiger partial charge in [-0.2, -0.15) is 0 Å². The van der Waals surface area contributed by atoms with Gasteiger partial charge >= 0.3 is 0 Å². The third-order valence-electron chi connectivity index (χ3n) is 4.66. The second-order valence-corrected chi connectivity index (χ2v) is 7.62. The molecule has 7 heteroatoms. The van der Waals surface area contributed by atoms with Gasteiger partial charge in [-0.3, -0.25) is 4.90 Å². The zero-order chi connectivity index (χ0) is 19.8. The molecule has 0 aliphatic carbocycles. The smallest absolute Gasteiger partial charge is 0.173 e. The summed E-state index contributed by atoms with van der Waals surface area (Å²) in [6, 6.07) is 14.0. The van der Waals surface area contributed by atoms with Gasteiger partial charge in [0.1, 0.15) is 5.82 Å². The Morgan fingerprint density at radius 3 is 2.64 bits per heavy atom. The average Bonchev–Trinajstić information content (AvgIpc) is 2.69. The summed E-state index contributed by atoms with van der Waals surface area (Å²) in [7, 11) is 0. The summed E-state index contributed by atoms with van der Waals surface area (Å²) in [4.78, 5) is 4.52. The third kappa shape index (κ3) is 6.71. The Kier molecular flexibility index (Phi) is 8.03. The van der Waals surface area contributed by atoms with Crippen LogP contribution in [-0.4, -0.2) is 54.3 Å². The summed E-state index contributed by atoms with van der Waals surface area (Å²) < 4.78 is 18.6. The van der Waals surface area contributed by atoms with Gasteiger partial charge in [0.25, 0.3) is 0 Å². The van der Waals surface area contributed by atoms with Gasteiger partial charge < -0.3 is 15.0 Å².